The third-order valence-electron chi connectivity index (χ3n) is 4.21. The molecule has 114 valence electrons. The number of hydrogen-bond donors (Lipinski definition) is 1. The molecular formula is C15H22N4O2. The summed E-state index contributed by atoms with van der Waals surface area (Å²) in [7, 11) is 1.79. The van der Waals surface area contributed by atoms with Crippen molar-refractivity contribution in [2.75, 3.05) is 13.1 Å². The first-order valence-corrected chi connectivity index (χ1v) is 7.62. The van der Waals surface area contributed by atoms with Gasteiger partial charge in [0.2, 0.25) is 5.91 Å². The zero-order valence-corrected chi connectivity index (χ0v) is 12.6. The molecule has 6 heteroatoms. The molecule has 1 atom stereocenters. The van der Waals surface area contributed by atoms with Crippen molar-refractivity contribution in [2.45, 2.75) is 38.6 Å². The van der Waals surface area contributed by atoms with Gasteiger partial charge in [-0.05, 0) is 38.2 Å². The largest absolute Gasteiger partial charge is 0.353 e. The van der Waals surface area contributed by atoms with Gasteiger partial charge < -0.3 is 10.2 Å². The predicted octanol–water partition coefficient (Wildman–Crippen LogP) is 0.859. The fraction of sp³-hybridized carbons (Fsp3) is 0.667. The molecule has 0 spiro atoms. The van der Waals surface area contributed by atoms with Gasteiger partial charge in [-0.25, -0.2) is 0 Å². The molecule has 0 aromatic carbocycles. The molecule has 1 N–H and O–H groups in total. The van der Waals surface area contributed by atoms with Crippen molar-refractivity contribution in [3.63, 3.8) is 0 Å². The number of likely N-dealkylation sites (tertiary alicyclic amines) is 1. The SMILES string of the molecule is Cc1cc(C(=O)N2CCC(CC(=O)NC3CC3)C2)n(C)n1. The summed E-state index contributed by atoms with van der Waals surface area (Å²) in [6, 6.07) is 2.23. The minimum Gasteiger partial charge on any atom is -0.353 e. The number of nitrogens with one attached hydrogen (secondary N) is 1. The lowest BCUT2D eigenvalue weighted by molar-refractivity contribution is -0.122. The maximum Gasteiger partial charge on any atom is 0.272 e. The highest BCUT2D eigenvalue weighted by molar-refractivity contribution is 5.93. The smallest absolute Gasteiger partial charge is 0.272 e. The molecule has 1 aliphatic heterocycles. The Morgan fingerprint density at radius 1 is 1.38 bits per heavy atom. The van der Waals surface area contributed by atoms with Crippen molar-refractivity contribution >= 4 is 11.8 Å². The van der Waals surface area contributed by atoms with Crippen LogP contribution in [0.5, 0.6) is 0 Å². The first-order chi connectivity index (χ1) is 10.0. The van der Waals surface area contributed by atoms with E-state index in [0.29, 0.717) is 24.7 Å². The van der Waals surface area contributed by atoms with Gasteiger partial charge in [0.25, 0.3) is 5.91 Å². The van der Waals surface area contributed by atoms with Gasteiger partial charge >= 0.3 is 0 Å². The van der Waals surface area contributed by atoms with Gasteiger partial charge in [0, 0.05) is 32.6 Å². The number of carbonyl (C=O) groups is 2. The van der Waals surface area contributed by atoms with E-state index < -0.39 is 0 Å². The molecule has 2 amide bonds. The number of amides is 2. The first-order valence-electron chi connectivity index (χ1n) is 7.62. The van der Waals surface area contributed by atoms with Gasteiger partial charge in [-0.3, -0.25) is 14.3 Å². The van der Waals surface area contributed by atoms with Crippen LogP contribution in [0.25, 0.3) is 0 Å². The summed E-state index contributed by atoms with van der Waals surface area (Å²) >= 11 is 0. The van der Waals surface area contributed by atoms with Gasteiger partial charge in [-0.2, -0.15) is 5.10 Å². The summed E-state index contributed by atoms with van der Waals surface area (Å²) in [5.41, 5.74) is 1.47. The molecule has 1 unspecified atom stereocenters. The van der Waals surface area contributed by atoms with Crippen molar-refractivity contribution in [3.05, 3.63) is 17.5 Å². The monoisotopic (exact) mass is 290 g/mol. The van der Waals surface area contributed by atoms with E-state index in [2.05, 4.69) is 10.4 Å². The molecule has 1 saturated heterocycles. The van der Waals surface area contributed by atoms with Gasteiger partial charge in [-0.15, -0.1) is 0 Å². The van der Waals surface area contributed by atoms with E-state index in [1.165, 1.54) is 0 Å². The fourth-order valence-corrected chi connectivity index (χ4v) is 2.93. The number of carbonyl (C=O) groups excluding carboxylic acids is 2. The van der Waals surface area contributed by atoms with Crippen LogP contribution < -0.4 is 5.32 Å². The van der Waals surface area contributed by atoms with Crippen LogP contribution in [0.15, 0.2) is 6.07 Å². The Morgan fingerprint density at radius 2 is 2.14 bits per heavy atom. The van der Waals surface area contributed by atoms with Crippen LogP contribution in [-0.4, -0.2) is 45.6 Å². The topological polar surface area (TPSA) is 67.2 Å². The number of hydrogen-bond acceptors (Lipinski definition) is 3. The number of rotatable bonds is 4. The van der Waals surface area contributed by atoms with Crippen molar-refractivity contribution in [1.82, 2.24) is 20.0 Å². The maximum absolute atomic E-state index is 12.5. The molecule has 2 heterocycles. The first kappa shape index (κ1) is 14.1. The Bertz CT molecular complexity index is 562. The van der Waals surface area contributed by atoms with Crippen molar-refractivity contribution in [3.8, 4) is 0 Å². The highest BCUT2D eigenvalue weighted by atomic mass is 16.2. The minimum absolute atomic E-state index is 0.0169. The van der Waals surface area contributed by atoms with Gasteiger partial charge in [0.1, 0.15) is 5.69 Å². The third-order valence-corrected chi connectivity index (χ3v) is 4.21. The maximum atomic E-state index is 12.5. The molecule has 2 fully saturated rings. The Balaban J connectivity index is 1.54. The van der Waals surface area contributed by atoms with Gasteiger partial charge in [0.15, 0.2) is 0 Å². The molecule has 0 radical (unpaired) electrons. The molecule has 6 nitrogen and oxygen atoms in total. The van der Waals surface area contributed by atoms with Crippen LogP contribution in [0, 0.1) is 12.8 Å². The van der Waals surface area contributed by atoms with E-state index in [1.54, 1.807) is 11.7 Å². The van der Waals surface area contributed by atoms with E-state index >= 15 is 0 Å². The van der Waals surface area contributed by atoms with Crippen LogP contribution in [0.3, 0.4) is 0 Å². The molecule has 1 aromatic rings. The second-order valence-corrected chi connectivity index (χ2v) is 6.25. The molecular weight excluding hydrogens is 268 g/mol. The van der Waals surface area contributed by atoms with Crippen LogP contribution in [-0.2, 0) is 11.8 Å². The molecule has 3 rings (SSSR count). The van der Waals surface area contributed by atoms with E-state index in [-0.39, 0.29) is 17.7 Å². The number of aromatic nitrogens is 2. The second-order valence-electron chi connectivity index (χ2n) is 6.25. The quantitative estimate of drug-likeness (QED) is 0.894. The highest BCUT2D eigenvalue weighted by Gasteiger charge is 2.31. The zero-order chi connectivity index (χ0) is 15.0. The molecule has 1 aromatic heterocycles. The summed E-state index contributed by atoms with van der Waals surface area (Å²) < 4.78 is 1.63. The standard InChI is InChI=1S/C15H22N4O2/c1-10-7-13(18(2)17-10)15(21)19-6-5-11(9-19)8-14(20)16-12-3-4-12/h7,11-12H,3-6,8-9H2,1-2H3,(H,16,20). The summed E-state index contributed by atoms with van der Waals surface area (Å²) in [5.74, 6) is 0.429. The van der Waals surface area contributed by atoms with Crippen LogP contribution >= 0.6 is 0 Å². The molecule has 0 bridgehead atoms. The fourth-order valence-electron chi connectivity index (χ4n) is 2.93. The summed E-state index contributed by atoms with van der Waals surface area (Å²) in [5, 5.41) is 7.23. The Hall–Kier alpha value is -1.85. The van der Waals surface area contributed by atoms with Crippen LogP contribution in [0.1, 0.15) is 41.9 Å². The third kappa shape index (κ3) is 3.25. The van der Waals surface area contributed by atoms with Crippen molar-refractivity contribution in [2.24, 2.45) is 13.0 Å². The molecule has 1 saturated carbocycles. The van der Waals surface area contributed by atoms with E-state index in [1.807, 2.05) is 17.9 Å². The minimum atomic E-state index is 0.0169. The lowest BCUT2D eigenvalue weighted by Gasteiger charge is -2.16. The Morgan fingerprint density at radius 3 is 2.76 bits per heavy atom. The van der Waals surface area contributed by atoms with Crippen LogP contribution in [0.2, 0.25) is 0 Å². The van der Waals surface area contributed by atoms with Gasteiger partial charge in [-0.1, -0.05) is 0 Å². The summed E-state index contributed by atoms with van der Waals surface area (Å²) in [4.78, 5) is 26.1. The molecule has 21 heavy (non-hydrogen) atoms. The van der Waals surface area contributed by atoms with Gasteiger partial charge in [0.05, 0.1) is 5.69 Å². The normalized spacial score (nSPS) is 21.6. The Kier molecular flexibility index (Phi) is 3.69. The van der Waals surface area contributed by atoms with Crippen molar-refractivity contribution in [1.29, 1.82) is 0 Å². The summed E-state index contributed by atoms with van der Waals surface area (Å²) in [6.07, 6.45) is 3.66. The van der Waals surface area contributed by atoms with E-state index in [9.17, 15) is 9.59 Å². The zero-order valence-electron chi connectivity index (χ0n) is 12.6. The average Bonchev–Trinajstić information content (AvgIpc) is 2.98. The lowest BCUT2D eigenvalue weighted by atomic mass is 10.0. The summed E-state index contributed by atoms with van der Waals surface area (Å²) in [6.45, 7) is 3.28. The van der Waals surface area contributed by atoms with E-state index in [0.717, 1.165) is 31.5 Å². The number of nitrogens with zero attached hydrogens (tertiary/aromatic N) is 3. The van der Waals surface area contributed by atoms with E-state index in [4.69, 9.17) is 0 Å². The highest BCUT2D eigenvalue weighted by Crippen LogP contribution is 2.23. The second kappa shape index (κ2) is 5.50. The average molecular weight is 290 g/mol. The molecule has 1 aliphatic carbocycles. The Labute approximate surface area is 124 Å². The van der Waals surface area contributed by atoms with Crippen LogP contribution in [0.4, 0.5) is 0 Å². The van der Waals surface area contributed by atoms with Crippen molar-refractivity contribution < 1.29 is 9.59 Å². The lowest BCUT2D eigenvalue weighted by Crippen LogP contribution is -2.32. The predicted molar refractivity (Wildman–Crippen MR) is 77.7 cm³/mol. The number of aryl methyl sites for hydroxylation is 2. The molecule has 2 aliphatic rings.